The van der Waals surface area contributed by atoms with E-state index in [0.29, 0.717) is 17.1 Å². The number of morpholine rings is 1. The molecule has 0 saturated carbocycles. The topological polar surface area (TPSA) is 43.3 Å². The van der Waals surface area contributed by atoms with Crippen molar-refractivity contribution in [2.24, 2.45) is 4.99 Å². The molecule has 0 radical (unpaired) electrons. The molecule has 1 fully saturated rings. The summed E-state index contributed by atoms with van der Waals surface area (Å²) < 4.78 is 30.4. The van der Waals surface area contributed by atoms with Gasteiger partial charge in [-0.3, -0.25) is 4.99 Å². The molecule has 3 aromatic rings. The normalized spacial score (nSPS) is 14.1. The van der Waals surface area contributed by atoms with E-state index in [0.717, 1.165) is 37.6 Å². The van der Waals surface area contributed by atoms with Crippen LogP contribution in [0, 0.1) is 5.82 Å². The van der Waals surface area contributed by atoms with Crippen molar-refractivity contribution in [3.63, 3.8) is 0 Å². The minimum atomic E-state index is -0.287. The summed E-state index contributed by atoms with van der Waals surface area (Å²) in [5.41, 5.74) is 3.43. The minimum Gasteiger partial charge on any atom is -0.493 e. The number of hydrogen-bond acceptors (Lipinski definition) is 5. The van der Waals surface area contributed by atoms with Gasteiger partial charge in [0.25, 0.3) is 0 Å². The predicted octanol–water partition coefficient (Wildman–Crippen LogP) is 5.00. The Morgan fingerprint density at radius 3 is 2.52 bits per heavy atom. The van der Waals surface area contributed by atoms with E-state index in [-0.39, 0.29) is 12.4 Å². The lowest BCUT2D eigenvalue weighted by Crippen LogP contribution is -2.36. The highest BCUT2D eigenvalue weighted by molar-refractivity contribution is 5.83. The molecule has 0 bridgehead atoms. The summed E-state index contributed by atoms with van der Waals surface area (Å²) in [7, 11) is 1.58. The molecule has 0 N–H and O–H groups in total. The molecule has 0 atom stereocenters. The zero-order valence-electron chi connectivity index (χ0n) is 17.5. The van der Waals surface area contributed by atoms with Crippen molar-refractivity contribution in [3.05, 3.63) is 83.7 Å². The Bertz CT molecular complexity index is 1030. The van der Waals surface area contributed by atoms with Gasteiger partial charge in [-0.05, 0) is 54.1 Å². The number of hydrogen-bond donors (Lipinski definition) is 0. The van der Waals surface area contributed by atoms with E-state index in [1.807, 2.05) is 30.3 Å². The van der Waals surface area contributed by atoms with Crippen molar-refractivity contribution in [1.82, 2.24) is 0 Å². The van der Waals surface area contributed by atoms with Gasteiger partial charge < -0.3 is 19.1 Å². The Morgan fingerprint density at radius 1 is 1.00 bits per heavy atom. The summed E-state index contributed by atoms with van der Waals surface area (Å²) in [6, 6.07) is 20.3. The van der Waals surface area contributed by atoms with Gasteiger partial charge in [0.15, 0.2) is 11.5 Å². The highest BCUT2D eigenvalue weighted by atomic mass is 19.1. The molecule has 6 heteroatoms. The van der Waals surface area contributed by atoms with E-state index in [1.54, 1.807) is 31.5 Å². The Labute approximate surface area is 181 Å². The van der Waals surface area contributed by atoms with E-state index >= 15 is 0 Å². The number of nitrogens with zero attached hydrogens (tertiary/aromatic N) is 2. The van der Waals surface area contributed by atoms with Crippen molar-refractivity contribution in [1.29, 1.82) is 0 Å². The van der Waals surface area contributed by atoms with Gasteiger partial charge in [-0.15, -0.1) is 0 Å². The largest absolute Gasteiger partial charge is 0.493 e. The monoisotopic (exact) mass is 420 g/mol. The number of rotatable bonds is 7. The molecule has 3 aromatic carbocycles. The molecular formula is C25H25FN2O3. The summed E-state index contributed by atoms with van der Waals surface area (Å²) >= 11 is 0. The number of halogens is 1. The Kier molecular flexibility index (Phi) is 6.79. The first-order valence-corrected chi connectivity index (χ1v) is 10.2. The third-order valence-electron chi connectivity index (χ3n) is 5.12. The van der Waals surface area contributed by atoms with Crippen LogP contribution in [0.5, 0.6) is 11.5 Å². The maximum absolute atomic E-state index is 13.8. The average Bonchev–Trinajstić information content (AvgIpc) is 2.83. The number of methoxy groups -OCH3 is 1. The molecule has 31 heavy (non-hydrogen) atoms. The first kappa shape index (κ1) is 20.9. The summed E-state index contributed by atoms with van der Waals surface area (Å²) in [5.74, 6) is 0.839. The average molecular weight is 420 g/mol. The lowest BCUT2D eigenvalue weighted by molar-refractivity contribution is 0.122. The fraction of sp³-hybridized carbons (Fsp3) is 0.240. The maximum Gasteiger partial charge on any atom is 0.161 e. The highest BCUT2D eigenvalue weighted by Gasteiger charge is 2.11. The van der Waals surface area contributed by atoms with Crippen molar-refractivity contribution in [3.8, 4) is 11.5 Å². The quantitative estimate of drug-likeness (QED) is 0.505. The molecule has 1 saturated heterocycles. The summed E-state index contributed by atoms with van der Waals surface area (Å²) in [4.78, 5) is 6.87. The predicted molar refractivity (Wildman–Crippen MR) is 120 cm³/mol. The van der Waals surface area contributed by atoms with Gasteiger partial charge in [-0.2, -0.15) is 0 Å². The standard InChI is InChI=1S/C25H25FN2O3/c1-29-25-16-19(6-11-24(25)31-18-20-4-2-3-5-23(20)26)17-27-21-7-9-22(10-8-21)28-12-14-30-15-13-28/h2-11,16-17H,12-15,18H2,1H3. The van der Waals surface area contributed by atoms with Crippen LogP contribution in [0.2, 0.25) is 0 Å². The molecule has 0 aromatic heterocycles. The Morgan fingerprint density at radius 2 is 1.77 bits per heavy atom. The van der Waals surface area contributed by atoms with E-state index < -0.39 is 0 Å². The van der Waals surface area contributed by atoms with E-state index in [2.05, 4.69) is 22.0 Å². The second-order valence-corrected chi connectivity index (χ2v) is 7.16. The fourth-order valence-corrected chi connectivity index (χ4v) is 3.37. The second kappa shape index (κ2) is 10.1. The van der Waals surface area contributed by atoms with Crippen molar-refractivity contribution < 1.29 is 18.6 Å². The van der Waals surface area contributed by atoms with Gasteiger partial charge in [0.05, 0.1) is 26.0 Å². The molecule has 0 unspecified atom stereocenters. The second-order valence-electron chi connectivity index (χ2n) is 7.16. The molecule has 1 aliphatic heterocycles. The van der Waals surface area contributed by atoms with Crippen LogP contribution in [0.3, 0.4) is 0 Å². The lowest BCUT2D eigenvalue weighted by atomic mass is 10.2. The first-order valence-electron chi connectivity index (χ1n) is 10.2. The van der Waals surface area contributed by atoms with Gasteiger partial charge in [-0.1, -0.05) is 18.2 Å². The van der Waals surface area contributed by atoms with Crippen LogP contribution in [-0.4, -0.2) is 39.6 Å². The summed E-state index contributed by atoms with van der Waals surface area (Å²) in [6.07, 6.45) is 1.78. The maximum atomic E-state index is 13.8. The molecule has 1 heterocycles. The number of anilines is 1. The zero-order chi connectivity index (χ0) is 21.5. The summed E-state index contributed by atoms with van der Waals surface area (Å²) in [6.45, 7) is 3.48. The van der Waals surface area contributed by atoms with Crippen molar-refractivity contribution >= 4 is 17.6 Å². The highest BCUT2D eigenvalue weighted by Crippen LogP contribution is 2.29. The molecular weight excluding hydrogens is 395 g/mol. The Hall–Kier alpha value is -3.38. The SMILES string of the molecule is COc1cc(C=Nc2ccc(N3CCOCC3)cc2)ccc1OCc1ccccc1F. The van der Waals surface area contributed by atoms with Crippen LogP contribution in [0.4, 0.5) is 15.8 Å². The zero-order valence-corrected chi connectivity index (χ0v) is 17.5. The van der Waals surface area contributed by atoms with Crippen LogP contribution in [-0.2, 0) is 11.3 Å². The van der Waals surface area contributed by atoms with Crippen LogP contribution < -0.4 is 14.4 Å². The Balaban J connectivity index is 1.41. The third kappa shape index (κ3) is 5.41. The summed E-state index contributed by atoms with van der Waals surface area (Å²) in [5, 5.41) is 0. The number of ether oxygens (including phenoxy) is 3. The minimum absolute atomic E-state index is 0.131. The van der Waals surface area contributed by atoms with Crippen LogP contribution in [0.15, 0.2) is 71.7 Å². The van der Waals surface area contributed by atoms with Crippen LogP contribution in [0.25, 0.3) is 0 Å². The molecule has 0 aliphatic carbocycles. The molecule has 1 aliphatic rings. The van der Waals surface area contributed by atoms with E-state index in [4.69, 9.17) is 14.2 Å². The van der Waals surface area contributed by atoms with Gasteiger partial charge >= 0.3 is 0 Å². The van der Waals surface area contributed by atoms with E-state index in [9.17, 15) is 4.39 Å². The van der Waals surface area contributed by atoms with Crippen LogP contribution >= 0.6 is 0 Å². The number of aliphatic imine (C=N–C) groups is 1. The third-order valence-corrected chi connectivity index (χ3v) is 5.12. The van der Waals surface area contributed by atoms with Gasteiger partial charge in [0, 0.05) is 30.6 Å². The number of benzene rings is 3. The van der Waals surface area contributed by atoms with Gasteiger partial charge in [0.1, 0.15) is 12.4 Å². The molecule has 0 spiro atoms. The van der Waals surface area contributed by atoms with Crippen molar-refractivity contribution in [2.45, 2.75) is 6.61 Å². The molecule has 5 nitrogen and oxygen atoms in total. The van der Waals surface area contributed by atoms with Crippen LogP contribution in [0.1, 0.15) is 11.1 Å². The molecule has 0 amide bonds. The molecule has 160 valence electrons. The lowest BCUT2D eigenvalue weighted by Gasteiger charge is -2.28. The van der Waals surface area contributed by atoms with Gasteiger partial charge in [0.2, 0.25) is 0 Å². The van der Waals surface area contributed by atoms with Crippen molar-refractivity contribution in [2.75, 3.05) is 38.3 Å². The van der Waals surface area contributed by atoms with E-state index in [1.165, 1.54) is 11.8 Å². The van der Waals surface area contributed by atoms with Gasteiger partial charge in [-0.25, -0.2) is 4.39 Å². The fourth-order valence-electron chi connectivity index (χ4n) is 3.37. The molecule has 4 rings (SSSR count). The smallest absolute Gasteiger partial charge is 0.161 e. The first-order chi connectivity index (χ1) is 15.2.